The summed E-state index contributed by atoms with van der Waals surface area (Å²) in [6.45, 7) is 9.25. The molecule has 0 aromatic carbocycles. The van der Waals surface area contributed by atoms with Crippen LogP contribution < -0.4 is 10.6 Å². The van der Waals surface area contributed by atoms with E-state index in [1.165, 1.54) is 9.88 Å². The maximum atomic E-state index is 4.46. The number of rotatable bonds is 11. The van der Waals surface area contributed by atoms with Gasteiger partial charge in [0.25, 0.3) is 0 Å². The zero-order valence-electron chi connectivity index (χ0n) is 18.1. The lowest BCUT2D eigenvalue weighted by molar-refractivity contribution is 0.477. The Hall–Kier alpha value is -0.880. The number of aliphatic imine (C=N–C) groups is 1. The third kappa shape index (κ3) is 8.79. The largest absolute Gasteiger partial charge is 0.356 e. The molecular weight excluding hydrogens is 517 g/mol. The second-order valence-electron chi connectivity index (χ2n) is 6.96. The molecule has 0 aliphatic rings. The fourth-order valence-electron chi connectivity index (χ4n) is 2.79. The molecule has 0 amide bonds. The van der Waals surface area contributed by atoms with Crippen LogP contribution in [0.25, 0.3) is 0 Å². The van der Waals surface area contributed by atoms with Gasteiger partial charge in [0.05, 0.1) is 5.01 Å². The molecule has 2 rings (SSSR count). The standard InChI is InChI=1S/C19H33N7S2.HI/c1-6-15-12-23-17(28-15)9-11-22-18(20-4)21-10-7-8-16-24-25-19(27-5)26(16)13-14(2)3;/h12,14H,6-11,13H2,1-5H3,(H2,20,21,22);1H. The summed E-state index contributed by atoms with van der Waals surface area (Å²) in [4.78, 5) is 10.1. The SMILES string of the molecule is CCc1cnc(CCNC(=NC)NCCCc2nnc(SC)n2CC(C)C)s1.I. The van der Waals surface area contributed by atoms with E-state index in [0.717, 1.165) is 62.3 Å². The predicted molar refractivity (Wildman–Crippen MR) is 135 cm³/mol. The van der Waals surface area contributed by atoms with Gasteiger partial charge in [-0.3, -0.25) is 4.99 Å². The van der Waals surface area contributed by atoms with Crippen LogP contribution in [-0.2, 0) is 25.8 Å². The lowest BCUT2D eigenvalue weighted by Crippen LogP contribution is -2.38. The summed E-state index contributed by atoms with van der Waals surface area (Å²) < 4.78 is 2.25. The third-order valence-electron chi connectivity index (χ3n) is 4.20. The highest BCUT2D eigenvalue weighted by atomic mass is 127. The summed E-state index contributed by atoms with van der Waals surface area (Å²) in [7, 11) is 1.80. The van der Waals surface area contributed by atoms with Crippen molar-refractivity contribution >= 4 is 53.0 Å². The second-order valence-corrected chi connectivity index (χ2v) is 8.93. The van der Waals surface area contributed by atoms with Crippen molar-refractivity contribution in [3.63, 3.8) is 0 Å². The zero-order chi connectivity index (χ0) is 20.4. The fraction of sp³-hybridized carbons (Fsp3) is 0.684. The number of aryl methyl sites for hydroxylation is 2. The van der Waals surface area contributed by atoms with Gasteiger partial charge in [0.15, 0.2) is 11.1 Å². The highest BCUT2D eigenvalue weighted by Crippen LogP contribution is 2.16. The number of halogens is 1. The van der Waals surface area contributed by atoms with Gasteiger partial charge in [0.2, 0.25) is 0 Å². The van der Waals surface area contributed by atoms with Crippen LogP contribution in [0.5, 0.6) is 0 Å². The summed E-state index contributed by atoms with van der Waals surface area (Å²) >= 11 is 3.45. The van der Waals surface area contributed by atoms with Crippen molar-refractivity contribution in [3.8, 4) is 0 Å². The first-order chi connectivity index (χ1) is 13.6. The average Bonchev–Trinajstić information content (AvgIpc) is 3.30. The second kappa shape index (κ2) is 14.2. The van der Waals surface area contributed by atoms with Gasteiger partial charge in [0, 0.05) is 50.6 Å². The number of guanidine groups is 1. The van der Waals surface area contributed by atoms with E-state index in [-0.39, 0.29) is 24.0 Å². The maximum absolute atomic E-state index is 4.46. The maximum Gasteiger partial charge on any atom is 0.190 e. The van der Waals surface area contributed by atoms with Gasteiger partial charge >= 0.3 is 0 Å². The van der Waals surface area contributed by atoms with E-state index in [9.17, 15) is 0 Å². The Balaban J connectivity index is 0.00000420. The van der Waals surface area contributed by atoms with Crippen molar-refractivity contribution in [1.82, 2.24) is 30.4 Å². The molecule has 0 unspecified atom stereocenters. The normalized spacial score (nSPS) is 11.6. The van der Waals surface area contributed by atoms with E-state index in [0.29, 0.717) is 5.92 Å². The first kappa shape index (κ1) is 26.2. The molecule has 0 aliphatic heterocycles. The van der Waals surface area contributed by atoms with E-state index >= 15 is 0 Å². The monoisotopic (exact) mass is 551 g/mol. The van der Waals surface area contributed by atoms with Crippen molar-refractivity contribution in [3.05, 3.63) is 21.9 Å². The Kier molecular flexibility index (Phi) is 12.8. The molecule has 0 spiro atoms. The molecule has 7 nitrogen and oxygen atoms in total. The zero-order valence-corrected chi connectivity index (χ0v) is 22.0. The molecule has 0 saturated carbocycles. The van der Waals surface area contributed by atoms with Crippen molar-refractivity contribution < 1.29 is 0 Å². The Labute approximate surface area is 200 Å². The third-order valence-corrected chi connectivity index (χ3v) is 6.07. The van der Waals surface area contributed by atoms with Crippen LogP contribution in [0.2, 0.25) is 0 Å². The van der Waals surface area contributed by atoms with E-state index in [2.05, 4.69) is 62.4 Å². The molecular formula is C19H34IN7S2. The van der Waals surface area contributed by atoms with E-state index < -0.39 is 0 Å². The van der Waals surface area contributed by atoms with Gasteiger partial charge in [-0.05, 0) is 25.0 Å². The van der Waals surface area contributed by atoms with Crippen LogP contribution in [0.1, 0.15) is 42.9 Å². The molecule has 2 N–H and O–H groups in total. The highest BCUT2D eigenvalue weighted by Gasteiger charge is 2.12. The molecule has 29 heavy (non-hydrogen) atoms. The van der Waals surface area contributed by atoms with Gasteiger partial charge in [-0.2, -0.15) is 0 Å². The number of thiazole rings is 1. The molecule has 2 heterocycles. The smallest absolute Gasteiger partial charge is 0.190 e. The molecule has 0 atom stereocenters. The number of thioether (sulfide) groups is 1. The average molecular weight is 552 g/mol. The minimum Gasteiger partial charge on any atom is -0.356 e. The summed E-state index contributed by atoms with van der Waals surface area (Å²) in [6.07, 6.45) is 7.89. The highest BCUT2D eigenvalue weighted by molar-refractivity contribution is 14.0. The predicted octanol–water partition coefficient (Wildman–Crippen LogP) is 3.63. The van der Waals surface area contributed by atoms with Crippen LogP contribution in [0.3, 0.4) is 0 Å². The quantitative estimate of drug-likeness (QED) is 0.146. The van der Waals surface area contributed by atoms with Crippen LogP contribution in [0, 0.1) is 5.92 Å². The summed E-state index contributed by atoms with van der Waals surface area (Å²) in [5.41, 5.74) is 0. The molecule has 2 aromatic rings. The lowest BCUT2D eigenvalue weighted by atomic mass is 10.2. The van der Waals surface area contributed by atoms with Gasteiger partial charge in [-0.25, -0.2) is 4.98 Å². The minimum atomic E-state index is 0. The molecule has 0 aliphatic carbocycles. The topological polar surface area (TPSA) is 80.0 Å². The van der Waals surface area contributed by atoms with Crippen molar-refractivity contribution in [2.75, 3.05) is 26.4 Å². The van der Waals surface area contributed by atoms with E-state index in [4.69, 9.17) is 0 Å². The molecule has 10 heteroatoms. The molecule has 0 bridgehead atoms. The Morgan fingerprint density at radius 2 is 2.00 bits per heavy atom. The van der Waals surface area contributed by atoms with Crippen molar-refractivity contribution in [2.45, 2.75) is 58.2 Å². The lowest BCUT2D eigenvalue weighted by Gasteiger charge is -2.13. The minimum absolute atomic E-state index is 0. The van der Waals surface area contributed by atoms with Crippen LogP contribution >= 0.6 is 47.1 Å². The Bertz CT molecular complexity index is 743. The van der Waals surface area contributed by atoms with E-state index in [1.807, 2.05) is 6.20 Å². The molecule has 164 valence electrons. The number of hydrogen-bond acceptors (Lipinski definition) is 6. The summed E-state index contributed by atoms with van der Waals surface area (Å²) in [5, 5.41) is 17.6. The first-order valence-corrected chi connectivity index (χ1v) is 12.0. The molecule has 0 saturated heterocycles. The first-order valence-electron chi connectivity index (χ1n) is 9.91. The number of nitrogens with one attached hydrogen (secondary N) is 2. The van der Waals surface area contributed by atoms with Gasteiger partial charge in [0.1, 0.15) is 5.82 Å². The summed E-state index contributed by atoms with van der Waals surface area (Å²) in [5.74, 6) is 2.48. The molecule has 2 aromatic heterocycles. The Morgan fingerprint density at radius 3 is 2.62 bits per heavy atom. The van der Waals surface area contributed by atoms with E-state index in [1.54, 1.807) is 30.1 Å². The van der Waals surface area contributed by atoms with Gasteiger partial charge in [-0.15, -0.1) is 45.5 Å². The summed E-state index contributed by atoms with van der Waals surface area (Å²) in [6, 6.07) is 0. The fourth-order valence-corrected chi connectivity index (χ4v) is 4.18. The molecule has 0 fully saturated rings. The van der Waals surface area contributed by atoms with Crippen LogP contribution in [0.15, 0.2) is 16.3 Å². The number of aromatic nitrogens is 4. The van der Waals surface area contributed by atoms with Crippen molar-refractivity contribution in [2.24, 2.45) is 10.9 Å². The molecule has 0 radical (unpaired) electrons. The van der Waals surface area contributed by atoms with Crippen LogP contribution in [0.4, 0.5) is 0 Å². The van der Waals surface area contributed by atoms with Crippen LogP contribution in [-0.4, -0.2) is 52.1 Å². The van der Waals surface area contributed by atoms with Gasteiger partial charge in [-0.1, -0.05) is 32.5 Å². The number of nitrogens with zero attached hydrogens (tertiary/aromatic N) is 5. The van der Waals surface area contributed by atoms with Gasteiger partial charge < -0.3 is 15.2 Å². The Morgan fingerprint density at radius 1 is 1.24 bits per heavy atom. The number of hydrogen-bond donors (Lipinski definition) is 2. The van der Waals surface area contributed by atoms with Crippen molar-refractivity contribution in [1.29, 1.82) is 0 Å².